The lowest BCUT2D eigenvalue weighted by Crippen LogP contribution is -2.52. The lowest BCUT2D eigenvalue weighted by molar-refractivity contribution is -0.274. The SMILES string of the molecule is CC1(S(=O)(=O)CC(=O)[C@]23CC(=O)[C@@H]4C[C@@H](Oc5nc6cc(OC(F)(F)F)ccc6c6cc(F)ccc56)CN4C(=O)[C@@H](NC(=O)c4cncs4)CCCCC/C=C\[C@@H]2C3)CC1. The summed E-state index contributed by atoms with van der Waals surface area (Å²) in [5.74, 6) is -4.44. The molecular weight excluding hydrogens is 829 g/mol. The fourth-order valence-electron chi connectivity index (χ4n) is 8.48. The van der Waals surface area contributed by atoms with Crippen molar-refractivity contribution in [1.82, 2.24) is 20.2 Å². The van der Waals surface area contributed by atoms with Gasteiger partial charge in [0.2, 0.25) is 11.8 Å². The van der Waals surface area contributed by atoms with Gasteiger partial charge in [-0.25, -0.2) is 17.8 Å². The van der Waals surface area contributed by atoms with Gasteiger partial charge in [-0.1, -0.05) is 25.0 Å². The zero-order chi connectivity index (χ0) is 42.6. The van der Waals surface area contributed by atoms with Crippen molar-refractivity contribution in [1.29, 1.82) is 0 Å². The van der Waals surface area contributed by atoms with E-state index in [1.807, 2.05) is 12.2 Å². The molecule has 0 spiro atoms. The highest BCUT2D eigenvalue weighted by Gasteiger charge is 2.62. The second kappa shape index (κ2) is 15.8. The number of nitrogens with one attached hydrogen (secondary N) is 1. The molecule has 2 aliphatic carbocycles. The molecule has 0 radical (unpaired) electrons. The van der Waals surface area contributed by atoms with E-state index < -0.39 is 85.2 Å². The summed E-state index contributed by atoms with van der Waals surface area (Å²) in [6.07, 6.45) is 3.00. The highest BCUT2D eigenvalue weighted by molar-refractivity contribution is 7.93. The van der Waals surface area contributed by atoms with Crippen LogP contribution in [0, 0.1) is 17.2 Å². The van der Waals surface area contributed by atoms with Crippen LogP contribution in [0.25, 0.3) is 21.7 Å². The number of thiazole rings is 1. The van der Waals surface area contributed by atoms with Crippen LogP contribution in [0.3, 0.4) is 0 Å². The Morgan fingerprint density at radius 3 is 2.57 bits per heavy atom. The summed E-state index contributed by atoms with van der Waals surface area (Å²) in [4.78, 5) is 66.8. The summed E-state index contributed by atoms with van der Waals surface area (Å²) < 4.78 is 90.3. The summed E-state index contributed by atoms with van der Waals surface area (Å²) >= 11 is 1.10. The first-order valence-electron chi connectivity index (χ1n) is 19.9. The van der Waals surface area contributed by atoms with E-state index in [1.165, 1.54) is 40.9 Å². The van der Waals surface area contributed by atoms with Crippen molar-refractivity contribution in [2.24, 2.45) is 11.3 Å². The average molecular weight is 871 g/mol. The number of halogens is 4. The summed E-state index contributed by atoms with van der Waals surface area (Å²) in [5, 5.41) is 3.74. The summed E-state index contributed by atoms with van der Waals surface area (Å²) in [7, 11) is -3.79. The van der Waals surface area contributed by atoms with Gasteiger partial charge in [0.1, 0.15) is 34.3 Å². The third kappa shape index (κ3) is 8.49. The molecule has 2 aliphatic heterocycles. The van der Waals surface area contributed by atoms with Crippen LogP contribution in [0.15, 0.2) is 60.3 Å². The number of Topliss-reactive ketones (excluding diaryl/α,β-unsaturated/α-hetero) is 2. The molecule has 1 saturated heterocycles. The Kier molecular flexibility index (Phi) is 11.0. The van der Waals surface area contributed by atoms with Gasteiger partial charge in [-0.05, 0) is 87.1 Å². The van der Waals surface area contributed by atoms with E-state index in [0.717, 1.165) is 29.9 Å². The van der Waals surface area contributed by atoms with E-state index in [0.29, 0.717) is 42.9 Å². The van der Waals surface area contributed by atoms with E-state index in [-0.39, 0.29) is 59.8 Å². The van der Waals surface area contributed by atoms with E-state index in [1.54, 1.807) is 6.92 Å². The topological polar surface area (TPSA) is 162 Å². The Hall–Kier alpha value is -4.97. The fraction of sp³-hybridized carbons (Fsp3) is 0.476. The standard InChI is InChI=1S/C42H42F4N4O8S2/c1-40(13-14-40)60(55,56)22-36(52)41-18-24(41)7-5-3-2-4-6-8-31(48-37(53)35-20-47-23-59-35)39(54)50-21-27(17-33(50)34(51)19-41)57-38-29-11-9-25(43)15-30(29)28-12-10-26(16-32(28)49-38)58-42(44,45)46/h5,7,9-12,15-16,20,23-24,27,31,33H,2-4,6,8,13-14,17-19,21-22H2,1H3,(H,48,53)/b7-5-/t24-,27-,31+,33+,41-/m1/s1. The second-order valence-corrected chi connectivity index (χ2v) is 19.9. The lowest BCUT2D eigenvalue weighted by atomic mass is 9.88. The number of rotatable bonds is 9. The third-order valence-corrected chi connectivity index (χ3v) is 15.6. The van der Waals surface area contributed by atoms with Crippen LogP contribution in [0.4, 0.5) is 17.6 Å². The molecule has 4 heterocycles. The highest BCUT2D eigenvalue weighted by atomic mass is 32.2. The summed E-state index contributed by atoms with van der Waals surface area (Å²) in [5.41, 5.74) is 0.203. The Morgan fingerprint density at radius 1 is 1.05 bits per heavy atom. The molecule has 2 saturated carbocycles. The van der Waals surface area contributed by atoms with Gasteiger partial charge >= 0.3 is 6.36 Å². The average Bonchev–Trinajstić information content (AvgIpc) is 3.93. The largest absolute Gasteiger partial charge is 0.573 e. The first-order chi connectivity index (χ1) is 28.4. The van der Waals surface area contributed by atoms with Crippen molar-refractivity contribution in [2.75, 3.05) is 12.3 Å². The maximum absolute atomic E-state index is 14.7. The van der Waals surface area contributed by atoms with Gasteiger partial charge in [0, 0.05) is 35.1 Å². The normalized spacial score (nSPS) is 26.4. The Balaban J connectivity index is 1.14. The maximum atomic E-state index is 14.7. The number of pyridine rings is 1. The molecule has 2 aromatic carbocycles. The zero-order valence-corrected chi connectivity index (χ0v) is 34.1. The van der Waals surface area contributed by atoms with Crippen molar-refractivity contribution in [2.45, 2.75) is 100 Å². The van der Waals surface area contributed by atoms with Crippen LogP contribution in [0.2, 0.25) is 0 Å². The van der Waals surface area contributed by atoms with Gasteiger partial charge in [-0.2, -0.15) is 0 Å². The van der Waals surface area contributed by atoms with Crippen LogP contribution in [-0.4, -0.2) is 88.3 Å². The Bertz CT molecular complexity index is 2510. The molecule has 60 heavy (non-hydrogen) atoms. The van der Waals surface area contributed by atoms with Crippen LogP contribution < -0.4 is 14.8 Å². The quantitative estimate of drug-likeness (QED) is 0.105. The minimum atomic E-state index is -4.99. The predicted octanol–water partition coefficient (Wildman–Crippen LogP) is 7.05. The molecule has 2 aromatic heterocycles. The van der Waals surface area contributed by atoms with Crippen LogP contribution >= 0.6 is 11.3 Å². The Morgan fingerprint density at radius 2 is 1.83 bits per heavy atom. The van der Waals surface area contributed by atoms with E-state index >= 15 is 0 Å². The maximum Gasteiger partial charge on any atom is 0.573 e. The number of allylic oxidation sites excluding steroid dienone is 2. The number of fused-ring (bicyclic) bond motifs is 5. The predicted molar refractivity (Wildman–Crippen MR) is 213 cm³/mol. The molecule has 1 N–H and O–H groups in total. The van der Waals surface area contributed by atoms with Gasteiger partial charge in [0.15, 0.2) is 21.4 Å². The van der Waals surface area contributed by atoms with E-state index in [2.05, 4.69) is 20.0 Å². The first-order valence-corrected chi connectivity index (χ1v) is 22.4. The van der Waals surface area contributed by atoms with Crippen LogP contribution in [0.1, 0.15) is 80.8 Å². The van der Waals surface area contributed by atoms with Crippen molar-refractivity contribution in [3.8, 4) is 11.6 Å². The van der Waals surface area contributed by atoms with Crippen LogP contribution in [-0.2, 0) is 24.2 Å². The molecule has 0 bridgehead atoms. The minimum absolute atomic E-state index is 0.000942. The Labute approximate surface area is 346 Å². The number of alkyl halides is 3. The van der Waals surface area contributed by atoms with Gasteiger partial charge < -0.3 is 19.7 Å². The van der Waals surface area contributed by atoms with Gasteiger partial charge in [0.25, 0.3) is 5.91 Å². The lowest BCUT2D eigenvalue weighted by Gasteiger charge is -2.29. The molecule has 12 nitrogen and oxygen atoms in total. The molecule has 18 heteroatoms. The van der Waals surface area contributed by atoms with Gasteiger partial charge in [-0.3, -0.25) is 24.2 Å². The molecule has 4 aromatic rings. The molecule has 0 unspecified atom stereocenters. The second-order valence-electron chi connectivity index (χ2n) is 16.5. The zero-order valence-electron chi connectivity index (χ0n) is 32.5. The molecule has 8 rings (SSSR count). The number of aromatic nitrogens is 2. The molecule has 2 amide bonds. The van der Waals surface area contributed by atoms with E-state index in [4.69, 9.17) is 4.74 Å². The number of nitrogens with zero attached hydrogens (tertiary/aromatic N) is 3. The van der Waals surface area contributed by atoms with Gasteiger partial charge in [-0.15, -0.1) is 24.5 Å². The molecular formula is C42H42F4N4O8S2. The number of carbonyl (C=O) groups excluding carboxylic acids is 4. The number of ketones is 2. The molecule has 4 aliphatic rings. The number of carbonyl (C=O) groups is 4. The fourth-order valence-corrected chi connectivity index (χ4v) is 10.7. The number of hydrogen-bond donors (Lipinski definition) is 1. The minimum Gasteiger partial charge on any atom is -0.472 e. The number of benzene rings is 2. The smallest absolute Gasteiger partial charge is 0.472 e. The van der Waals surface area contributed by atoms with Crippen molar-refractivity contribution in [3.63, 3.8) is 0 Å². The molecule has 5 atom stereocenters. The number of ether oxygens (including phenoxy) is 2. The third-order valence-electron chi connectivity index (χ3n) is 12.3. The number of amides is 2. The molecule has 318 valence electrons. The van der Waals surface area contributed by atoms with Crippen molar-refractivity contribution >= 4 is 66.2 Å². The summed E-state index contributed by atoms with van der Waals surface area (Å²) in [6.45, 7) is 1.43. The van der Waals surface area contributed by atoms with E-state index in [9.17, 15) is 45.2 Å². The van der Waals surface area contributed by atoms with Crippen molar-refractivity contribution in [3.05, 3.63) is 71.0 Å². The molecule has 3 fully saturated rings. The number of hydrogen-bond acceptors (Lipinski definition) is 11. The van der Waals surface area contributed by atoms with Crippen molar-refractivity contribution < 1.29 is 54.6 Å². The highest BCUT2D eigenvalue weighted by Crippen LogP contribution is 2.58. The number of sulfone groups is 1. The monoisotopic (exact) mass is 870 g/mol. The van der Waals surface area contributed by atoms with Gasteiger partial charge in [0.05, 0.1) is 34.6 Å². The summed E-state index contributed by atoms with van der Waals surface area (Å²) in [6, 6.07) is 5.01. The first kappa shape index (κ1) is 41.8. The van der Waals surface area contributed by atoms with Crippen LogP contribution in [0.5, 0.6) is 11.6 Å².